The minimum Gasteiger partial charge on any atom is -0.477 e. The highest BCUT2D eigenvalue weighted by Crippen LogP contribution is 2.26. The summed E-state index contributed by atoms with van der Waals surface area (Å²) in [5.74, 6) is -0.372. The van der Waals surface area contributed by atoms with E-state index in [-0.39, 0.29) is 11.3 Å². The third-order valence-electron chi connectivity index (χ3n) is 2.41. The van der Waals surface area contributed by atoms with Crippen molar-refractivity contribution in [3.63, 3.8) is 0 Å². The molecule has 0 amide bonds. The van der Waals surface area contributed by atoms with E-state index in [0.29, 0.717) is 0 Å². The van der Waals surface area contributed by atoms with Gasteiger partial charge in [-0.25, -0.2) is 4.79 Å². The predicted molar refractivity (Wildman–Crippen MR) is 70.3 cm³/mol. The Kier molecular flexibility index (Phi) is 5.64. The van der Waals surface area contributed by atoms with Gasteiger partial charge in [-0.15, -0.1) is 11.8 Å². The summed E-state index contributed by atoms with van der Waals surface area (Å²) in [4.78, 5) is 21.7. The molecule has 1 aromatic carbocycles. The normalized spacial score (nSPS) is 10.3. The van der Waals surface area contributed by atoms with E-state index >= 15 is 0 Å². The summed E-state index contributed by atoms with van der Waals surface area (Å²) < 4.78 is 0. The smallest absolute Gasteiger partial charge is 0.342 e. The molecule has 5 nitrogen and oxygen atoms in total. The molecule has 0 unspecified atom stereocenters. The third-order valence-corrected chi connectivity index (χ3v) is 3.49. The second-order valence-electron chi connectivity index (χ2n) is 3.80. The zero-order valence-electron chi connectivity index (χ0n) is 10.1. The number of nitrogens with zero attached hydrogens (tertiary/aromatic N) is 1. The summed E-state index contributed by atoms with van der Waals surface area (Å²) in [5, 5.41) is 19.6. The molecule has 1 N–H and O–H groups in total. The van der Waals surface area contributed by atoms with Crippen LogP contribution in [0.1, 0.15) is 36.5 Å². The van der Waals surface area contributed by atoms with Crippen molar-refractivity contribution in [1.29, 1.82) is 0 Å². The van der Waals surface area contributed by atoms with Gasteiger partial charge < -0.3 is 5.11 Å². The van der Waals surface area contributed by atoms with Crippen molar-refractivity contribution in [3.05, 3.63) is 33.9 Å². The van der Waals surface area contributed by atoms with Crippen LogP contribution in [0.3, 0.4) is 0 Å². The molecule has 0 aliphatic rings. The van der Waals surface area contributed by atoms with Crippen LogP contribution in [0.4, 0.5) is 5.69 Å². The predicted octanol–water partition coefficient (Wildman–Crippen LogP) is 3.58. The second kappa shape index (κ2) is 7.00. The number of aromatic carboxylic acids is 1. The number of benzene rings is 1. The first-order valence-corrected chi connectivity index (χ1v) is 6.69. The summed E-state index contributed by atoms with van der Waals surface area (Å²) in [7, 11) is 0. The van der Waals surface area contributed by atoms with Gasteiger partial charge in [-0.3, -0.25) is 10.1 Å². The van der Waals surface area contributed by atoms with Crippen LogP contribution in [0.15, 0.2) is 23.1 Å². The van der Waals surface area contributed by atoms with Crippen molar-refractivity contribution in [2.75, 3.05) is 5.75 Å². The number of hydrogen-bond donors (Lipinski definition) is 1. The van der Waals surface area contributed by atoms with E-state index in [2.05, 4.69) is 6.92 Å². The Morgan fingerprint density at radius 3 is 2.72 bits per heavy atom. The summed E-state index contributed by atoms with van der Waals surface area (Å²) in [5.41, 5.74) is -0.610. The van der Waals surface area contributed by atoms with E-state index in [1.807, 2.05) is 0 Å². The fourth-order valence-electron chi connectivity index (χ4n) is 1.48. The van der Waals surface area contributed by atoms with Gasteiger partial charge in [-0.2, -0.15) is 0 Å². The van der Waals surface area contributed by atoms with Crippen LogP contribution in [0.2, 0.25) is 0 Å². The number of rotatable bonds is 7. The Morgan fingerprint density at radius 1 is 1.44 bits per heavy atom. The van der Waals surface area contributed by atoms with Crippen molar-refractivity contribution >= 4 is 23.4 Å². The van der Waals surface area contributed by atoms with Gasteiger partial charge in [-0.1, -0.05) is 19.8 Å². The summed E-state index contributed by atoms with van der Waals surface area (Å²) in [6, 6.07) is 4.23. The molecule has 18 heavy (non-hydrogen) atoms. The quantitative estimate of drug-likeness (QED) is 0.354. The Balaban J connectivity index is 2.80. The zero-order valence-corrected chi connectivity index (χ0v) is 10.9. The topological polar surface area (TPSA) is 80.4 Å². The lowest BCUT2D eigenvalue weighted by Gasteiger charge is -2.03. The lowest BCUT2D eigenvalue weighted by atomic mass is 10.2. The molecular weight excluding hydrogens is 254 g/mol. The van der Waals surface area contributed by atoms with E-state index in [9.17, 15) is 14.9 Å². The van der Waals surface area contributed by atoms with Crippen LogP contribution < -0.4 is 0 Å². The Morgan fingerprint density at radius 2 is 2.17 bits per heavy atom. The largest absolute Gasteiger partial charge is 0.477 e. The molecule has 0 bridgehead atoms. The number of thioether (sulfide) groups is 1. The molecule has 0 fully saturated rings. The Labute approximate surface area is 109 Å². The fourth-order valence-corrected chi connectivity index (χ4v) is 2.43. The number of hydrogen-bond acceptors (Lipinski definition) is 4. The molecule has 0 spiro atoms. The average Bonchev–Trinajstić information content (AvgIpc) is 2.34. The van der Waals surface area contributed by atoms with Crippen molar-refractivity contribution in [1.82, 2.24) is 0 Å². The zero-order chi connectivity index (χ0) is 13.5. The lowest BCUT2D eigenvalue weighted by molar-refractivity contribution is -0.385. The van der Waals surface area contributed by atoms with Gasteiger partial charge in [0.1, 0.15) is 5.56 Å². The SMILES string of the molecule is CCCCCSc1ccc([N+](=O)[O-])c(C(=O)O)c1. The highest BCUT2D eigenvalue weighted by molar-refractivity contribution is 7.99. The number of carbonyl (C=O) groups is 1. The van der Waals surface area contributed by atoms with Crippen LogP contribution >= 0.6 is 11.8 Å². The molecule has 1 rings (SSSR count). The highest BCUT2D eigenvalue weighted by Gasteiger charge is 2.19. The molecule has 98 valence electrons. The molecule has 1 aromatic rings. The molecule has 0 atom stereocenters. The minimum absolute atomic E-state index is 0.250. The number of carboxylic acids is 1. The van der Waals surface area contributed by atoms with Crippen LogP contribution in [-0.4, -0.2) is 21.8 Å². The van der Waals surface area contributed by atoms with Gasteiger partial charge in [0.2, 0.25) is 0 Å². The van der Waals surface area contributed by atoms with E-state index in [0.717, 1.165) is 29.9 Å². The van der Waals surface area contributed by atoms with Crippen LogP contribution in [0.5, 0.6) is 0 Å². The first-order chi connectivity index (χ1) is 8.56. The number of nitro groups is 1. The summed E-state index contributed by atoms with van der Waals surface area (Å²) in [6.45, 7) is 2.11. The van der Waals surface area contributed by atoms with Crippen molar-refractivity contribution in [2.45, 2.75) is 31.1 Å². The molecule has 0 heterocycles. The fraction of sp³-hybridized carbons (Fsp3) is 0.417. The number of nitro benzene ring substituents is 1. The maximum absolute atomic E-state index is 10.9. The van der Waals surface area contributed by atoms with Gasteiger partial charge in [0.05, 0.1) is 4.92 Å². The van der Waals surface area contributed by atoms with E-state index in [4.69, 9.17) is 5.11 Å². The monoisotopic (exact) mass is 269 g/mol. The Hall–Kier alpha value is -1.56. The van der Waals surface area contributed by atoms with Gasteiger partial charge >= 0.3 is 5.97 Å². The van der Waals surface area contributed by atoms with Crippen LogP contribution in [0, 0.1) is 10.1 Å². The van der Waals surface area contributed by atoms with E-state index in [1.165, 1.54) is 23.9 Å². The van der Waals surface area contributed by atoms with Gasteiger partial charge in [0, 0.05) is 11.0 Å². The molecule has 6 heteroatoms. The maximum atomic E-state index is 10.9. The molecule has 0 saturated heterocycles. The van der Waals surface area contributed by atoms with Crippen molar-refractivity contribution in [2.24, 2.45) is 0 Å². The van der Waals surface area contributed by atoms with Crippen LogP contribution in [-0.2, 0) is 0 Å². The third kappa shape index (κ3) is 4.03. The summed E-state index contributed by atoms with van der Waals surface area (Å²) >= 11 is 1.53. The first kappa shape index (κ1) is 14.5. The van der Waals surface area contributed by atoms with Gasteiger partial charge in [0.25, 0.3) is 5.69 Å². The van der Waals surface area contributed by atoms with E-state index < -0.39 is 10.9 Å². The average molecular weight is 269 g/mol. The minimum atomic E-state index is -1.27. The van der Waals surface area contributed by atoms with Crippen molar-refractivity contribution in [3.8, 4) is 0 Å². The number of carboxylic acid groups (broad SMARTS) is 1. The molecule has 0 aromatic heterocycles. The molecule has 0 aliphatic heterocycles. The first-order valence-electron chi connectivity index (χ1n) is 5.70. The van der Waals surface area contributed by atoms with Gasteiger partial charge in [-0.05, 0) is 24.3 Å². The molecule has 0 saturated carbocycles. The maximum Gasteiger partial charge on any atom is 0.342 e. The van der Waals surface area contributed by atoms with Crippen LogP contribution in [0.25, 0.3) is 0 Å². The highest BCUT2D eigenvalue weighted by atomic mass is 32.2. The van der Waals surface area contributed by atoms with Gasteiger partial charge in [0.15, 0.2) is 0 Å². The Bertz CT molecular complexity index is 448. The van der Waals surface area contributed by atoms with Crippen molar-refractivity contribution < 1.29 is 14.8 Å². The number of unbranched alkanes of at least 4 members (excludes halogenated alkanes) is 2. The molecule has 0 radical (unpaired) electrons. The molecule has 0 aliphatic carbocycles. The summed E-state index contributed by atoms with van der Waals surface area (Å²) in [6.07, 6.45) is 3.31. The second-order valence-corrected chi connectivity index (χ2v) is 4.97. The standard InChI is InChI=1S/C12H15NO4S/c1-2-3-4-7-18-9-5-6-11(13(16)17)10(8-9)12(14)15/h5-6,8H,2-4,7H2,1H3,(H,14,15). The molecular formula is C12H15NO4S. The van der Waals surface area contributed by atoms with E-state index in [1.54, 1.807) is 6.07 Å². The lowest BCUT2D eigenvalue weighted by Crippen LogP contribution is -2.02.